The summed E-state index contributed by atoms with van der Waals surface area (Å²) in [7, 11) is 0. The number of hydrogen-bond acceptors (Lipinski definition) is 3. The third kappa shape index (κ3) is 4.25. The Balaban J connectivity index is 2.74. The van der Waals surface area contributed by atoms with E-state index in [1.54, 1.807) is 6.20 Å². The van der Waals surface area contributed by atoms with E-state index < -0.39 is 0 Å². The highest BCUT2D eigenvalue weighted by atomic mass is 16.5. The van der Waals surface area contributed by atoms with Crippen LogP contribution in [0.25, 0.3) is 0 Å². The molecule has 0 radical (unpaired) electrons. The molecule has 3 heteroatoms. The first-order valence-corrected chi connectivity index (χ1v) is 6.53. The Morgan fingerprint density at radius 3 is 2.71 bits per heavy atom. The average Bonchev–Trinajstić information content (AvgIpc) is 2.34. The molecule has 0 spiro atoms. The Labute approximate surface area is 105 Å². The van der Waals surface area contributed by atoms with Gasteiger partial charge in [-0.25, -0.2) is 4.98 Å². The first-order valence-electron chi connectivity index (χ1n) is 6.53. The van der Waals surface area contributed by atoms with Crippen LogP contribution < -0.4 is 10.1 Å². The Morgan fingerprint density at radius 2 is 2.12 bits per heavy atom. The van der Waals surface area contributed by atoms with Gasteiger partial charge in [-0.2, -0.15) is 0 Å². The summed E-state index contributed by atoms with van der Waals surface area (Å²) in [5.41, 5.74) is 0. The molecule has 0 amide bonds. The van der Waals surface area contributed by atoms with E-state index in [1.807, 2.05) is 12.1 Å². The zero-order valence-corrected chi connectivity index (χ0v) is 11.4. The number of nitrogens with one attached hydrogen (secondary N) is 1. The van der Waals surface area contributed by atoms with E-state index in [9.17, 15) is 0 Å². The first kappa shape index (κ1) is 13.8. The van der Waals surface area contributed by atoms with Gasteiger partial charge >= 0.3 is 0 Å². The number of nitrogens with zero attached hydrogens (tertiary/aromatic N) is 1. The van der Waals surface area contributed by atoms with Crippen LogP contribution in [0.5, 0.6) is 5.75 Å². The van der Waals surface area contributed by atoms with Gasteiger partial charge in [-0.1, -0.05) is 27.7 Å². The molecule has 0 aliphatic carbocycles. The summed E-state index contributed by atoms with van der Waals surface area (Å²) >= 11 is 0. The topological polar surface area (TPSA) is 34.1 Å². The maximum atomic E-state index is 5.69. The van der Waals surface area contributed by atoms with Gasteiger partial charge in [0.2, 0.25) is 0 Å². The van der Waals surface area contributed by atoms with E-state index in [0.717, 1.165) is 31.0 Å². The number of ether oxygens (including phenoxy) is 1. The molecule has 0 aliphatic rings. The van der Waals surface area contributed by atoms with E-state index in [1.165, 1.54) is 0 Å². The fraction of sp³-hybridized carbons (Fsp3) is 0.643. The molecule has 96 valence electrons. The molecule has 1 aromatic heterocycles. The fourth-order valence-electron chi connectivity index (χ4n) is 1.74. The molecule has 0 fully saturated rings. The minimum atomic E-state index is 0.439. The van der Waals surface area contributed by atoms with Crippen molar-refractivity contribution in [3.8, 4) is 5.75 Å². The molecule has 1 heterocycles. The highest BCUT2D eigenvalue weighted by molar-refractivity contribution is 5.50. The summed E-state index contributed by atoms with van der Waals surface area (Å²) < 4.78 is 5.69. The fourth-order valence-corrected chi connectivity index (χ4v) is 1.74. The minimum absolute atomic E-state index is 0.439. The summed E-state index contributed by atoms with van der Waals surface area (Å²) in [5, 5.41) is 3.47. The predicted octanol–water partition coefficient (Wildman–Crippen LogP) is 3.72. The number of pyridine rings is 1. The van der Waals surface area contributed by atoms with E-state index in [-0.39, 0.29) is 0 Å². The molecule has 1 N–H and O–H groups in total. The van der Waals surface area contributed by atoms with Crippen LogP contribution in [0.2, 0.25) is 0 Å². The van der Waals surface area contributed by atoms with Gasteiger partial charge in [0.15, 0.2) is 11.6 Å². The number of anilines is 1. The Kier molecular flexibility index (Phi) is 5.81. The highest BCUT2D eigenvalue weighted by Gasteiger charge is 2.13. The van der Waals surface area contributed by atoms with Crippen molar-refractivity contribution in [3.05, 3.63) is 18.3 Å². The van der Waals surface area contributed by atoms with Gasteiger partial charge in [-0.15, -0.1) is 0 Å². The molecule has 1 aromatic rings. The molecule has 0 bridgehead atoms. The van der Waals surface area contributed by atoms with Crippen molar-refractivity contribution in [3.63, 3.8) is 0 Å². The second-order valence-corrected chi connectivity index (χ2v) is 4.60. The minimum Gasteiger partial charge on any atom is -0.490 e. The van der Waals surface area contributed by atoms with Crippen LogP contribution in [0.4, 0.5) is 5.82 Å². The van der Waals surface area contributed by atoms with Crippen LogP contribution in [0.15, 0.2) is 18.3 Å². The van der Waals surface area contributed by atoms with E-state index in [4.69, 9.17) is 4.74 Å². The molecule has 3 nitrogen and oxygen atoms in total. The van der Waals surface area contributed by atoms with Crippen LogP contribution in [0, 0.1) is 5.92 Å². The lowest BCUT2D eigenvalue weighted by molar-refractivity contribution is 0.317. The van der Waals surface area contributed by atoms with E-state index >= 15 is 0 Å². The molecule has 1 unspecified atom stereocenters. The van der Waals surface area contributed by atoms with Gasteiger partial charge < -0.3 is 10.1 Å². The van der Waals surface area contributed by atoms with E-state index in [2.05, 4.69) is 38.0 Å². The monoisotopic (exact) mass is 236 g/mol. The highest BCUT2D eigenvalue weighted by Crippen LogP contribution is 2.23. The average molecular weight is 236 g/mol. The molecule has 0 saturated heterocycles. The van der Waals surface area contributed by atoms with Crippen LogP contribution >= 0.6 is 0 Å². The maximum Gasteiger partial charge on any atom is 0.168 e. The van der Waals surface area contributed by atoms with Crippen molar-refractivity contribution >= 4 is 5.82 Å². The lowest BCUT2D eigenvalue weighted by Crippen LogP contribution is -2.25. The van der Waals surface area contributed by atoms with Gasteiger partial charge in [0.05, 0.1) is 6.61 Å². The lowest BCUT2D eigenvalue weighted by Gasteiger charge is -2.22. The smallest absolute Gasteiger partial charge is 0.168 e. The van der Waals surface area contributed by atoms with Crippen molar-refractivity contribution in [1.29, 1.82) is 0 Å². The molecule has 0 saturated carbocycles. The Morgan fingerprint density at radius 1 is 1.35 bits per heavy atom. The number of aromatic nitrogens is 1. The molecule has 1 rings (SSSR count). The second-order valence-electron chi connectivity index (χ2n) is 4.60. The number of hydrogen-bond donors (Lipinski definition) is 1. The molecule has 0 aliphatic heterocycles. The van der Waals surface area contributed by atoms with Gasteiger partial charge in [-0.05, 0) is 30.9 Å². The SMILES string of the molecule is CCCOc1cccnc1NC(CC)C(C)C. The van der Waals surface area contributed by atoms with Gasteiger partial charge in [0.1, 0.15) is 0 Å². The summed E-state index contributed by atoms with van der Waals surface area (Å²) in [5.74, 6) is 2.30. The molecular formula is C14H24N2O. The van der Waals surface area contributed by atoms with Crippen molar-refractivity contribution in [2.24, 2.45) is 5.92 Å². The normalized spacial score (nSPS) is 12.5. The Bertz CT molecular complexity index is 326. The van der Waals surface area contributed by atoms with Gasteiger partial charge in [0, 0.05) is 12.2 Å². The van der Waals surface area contributed by atoms with Crippen LogP contribution in [-0.4, -0.2) is 17.6 Å². The standard InChI is InChI=1S/C14H24N2O/c1-5-10-17-13-8-7-9-15-14(13)16-12(6-2)11(3)4/h7-9,11-12H,5-6,10H2,1-4H3,(H,15,16). The maximum absolute atomic E-state index is 5.69. The van der Waals surface area contributed by atoms with E-state index in [0.29, 0.717) is 12.0 Å². The van der Waals surface area contributed by atoms with Gasteiger partial charge in [-0.3, -0.25) is 0 Å². The quantitative estimate of drug-likeness (QED) is 0.783. The summed E-state index contributed by atoms with van der Waals surface area (Å²) in [4.78, 5) is 4.37. The number of rotatable bonds is 7. The van der Waals surface area contributed by atoms with Crippen LogP contribution in [-0.2, 0) is 0 Å². The largest absolute Gasteiger partial charge is 0.490 e. The Hall–Kier alpha value is -1.25. The lowest BCUT2D eigenvalue weighted by atomic mass is 10.0. The van der Waals surface area contributed by atoms with Crippen molar-refractivity contribution in [2.75, 3.05) is 11.9 Å². The molecular weight excluding hydrogens is 212 g/mol. The summed E-state index contributed by atoms with van der Waals surface area (Å²) in [6, 6.07) is 4.32. The summed E-state index contributed by atoms with van der Waals surface area (Å²) in [6.45, 7) is 9.46. The van der Waals surface area contributed by atoms with Crippen molar-refractivity contribution < 1.29 is 4.74 Å². The first-order chi connectivity index (χ1) is 8.19. The molecule has 17 heavy (non-hydrogen) atoms. The van der Waals surface area contributed by atoms with Crippen molar-refractivity contribution in [2.45, 2.75) is 46.6 Å². The zero-order valence-electron chi connectivity index (χ0n) is 11.4. The van der Waals surface area contributed by atoms with Crippen LogP contribution in [0.3, 0.4) is 0 Å². The van der Waals surface area contributed by atoms with Gasteiger partial charge in [0.25, 0.3) is 0 Å². The van der Waals surface area contributed by atoms with Crippen molar-refractivity contribution in [1.82, 2.24) is 4.98 Å². The zero-order chi connectivity index (χ0) is 12.7. The molecule has 1 atom stereocenters. The third-order valence-electron chi connectivity index (χ3n) is 2.80. The van der Waals surface area contributed by atoms with Crippen LogP contribution in [0.1, 0.15) is 40.5 Å². The summed E-state index contributed by atoms with van der Waals surface area (Å²) in [6.07, 6.45) is 3.89. The third-order valence-corrected chi connectivity index (χ3v) is 2.80. The molecule has 0 aromatic carbocycles. The second kappa shape index (κ2) is 7.15. The predicted molar refractivity (Wildman–Crippen MR) is 72.6 cm³/mol.